The molecule has 1 heterocycles. The van der Waals surface area contributed by atoms with E-state index in [0.717, 1.165) is 16.5 Å². The van der Waals surface area contributed by atoms with Gasteiger partial charge in [-0.3, -0.25) is 25.8 Å². The lowest BCUT2D eigenvalue weighted by atomic mass is 10.1. The molecule has 0 saturated carbocycles. The van der Waals surface area contributed by atoms with Crippen molar-refractivity contribution in [3.63, 3.8) is 0 Å². The smallest absolute Gasteiger partial charge is 0.258 e. The van der Waals surface area contributed by atoms with Crippen LogP contribution in [0.5, 0.6) is 0 Å². The Morgan fingerprint density at radius 3 is 2.54 bits per heavy atom. The van der Waals surface area contributed by atoms with E-state index in [2.05, 4.69) is 16.2 Å². The first-order valence-corrected chi connectivity index (χ1v) is 8.45. The van der Waals surface area contributed by atoms with E-state index in [4.69, 9.17) is 12.2 Å². The van der Waals surface area contributed by atoms with E-state index in [1.165, 1.54) is 0 Å². The van der Waals surface area contributed by atoms with E-state index in [0.29, 0.717) is 5.56 Å². The maximum Gasteiger partial charge on any atom is 0.258 e. The fraction of sp³-hybridized carbons (Fsp3) is 0.105. The van der Waals surface area contributed by atoms with Crippen molar-refractivity contribution in [3.05, 3.63) is 71.9 Å². The Morgan fingerprint density at radius 1 is 1.00 bits per heavy atom. The zero-order valence-electron chi connectivity index (χ0n) is 14.2. The third-order valence-electron chi connectivity index (χ3n) is 3.93. The number of hydrogen-bond donors (Lipinski definition) is 3. The summed E-state index contributed by atoms with van der Waals surface area (Å²) in [4.78, 5) is 24.3. The standard InChI is InChI=1S/C19H18N4O2S/c1-13-6-2-4-8-15(13)18(25)20-19(26)22-21-17(24)12-23-11-10-14-7-3-5-9-16(14)23/h2-11H,12H2,1H3,(H,21,24)(H2,20,22,25,26). The van der Waals surface area contributed by atoms with Gasteiger partial charge in [0.05, 0.1) is 0 Å². The maximum atomic E-state index is 12.2. The van der Waals surface area contributed by atoms with Gasteiger partial charge in [0.1, 0.15) is 6.54 Å². The van der Waals surface area contributed by atoms with Gasteiger partial charge in [0.2, 0.25) is 0 Å². The van der Waals surface area contributed by atoms with Crippen LogP contribution >= 0.6 is 12.2 Å². The molecule has 1 aromatic heterocycles. The number of aromatic nitrogens is 1. The summed E-state index contributed by atoms with van der Waals surface area (Å²) in [6.07, 6.45) is 1.85. The van der Waals surface area contributed by atoms with Crippen LogP contribution < -0.4 is 16.2 Å². The van der Waals surface area contributed by atoms with Gasteiger partial charge in [0, 0.05) is 17.3 Å². The van der Waals surface area contributed by atoms with Gasteiger partial charge in [-0.05, 0) is 48.3 Å². The Morgan fingerprint density at radius 2 is 1.73 bits per heavy atom. The predicted octanol–water partition coefficient (Wildman–Crippen LogP) is 2.29. The molecule has 3 N–H and O–H groups in total. The minimum atomic E-state index is -0.328. The molecule has 0 fully saturated rings. The number of para-hydroxylation sites is 1. The van der Waals surface area contributed by atoms with E-state index in [1.54, 1.807) is 12.1 Å². The SMILES string of the molecule is Cc1ccccc1C(=O)NC(=S)NNC(=O)Cn1ccc2ccccc21. The highest BCUT2D eigenvalue weighted by atomic mass is 32.1. The maximum absolute atomic E-state index is 12.2. The Kier molecular flexibility index (Phi) is 5.28. The highest BCUT2D eigenvalue weighted by molar-refractivity contribution is 7.80. The molecule has 6 nitrogen and oxygen atoms in total. The molecule has 0 aliphatic rings. The van der Waals surface area contributed by atoms with Crippen molar-refractivity contribution in [2.75, 3.05) is 0 Å². The molecule has 2 aromatic carbocycles. The first-order valence-electron chi connectivity index (χ1n) is 8.04. The number of aryl methyl sites for hydroxylation is 1. The minimum absolute atomic E-state index is 0.0315. The lowest BCUT2D eigenvalue weighted by Gasteiger charge is -2.12. The van der Waals surface area contributed by atoms with Gasteiger partial charge >= 0.3 is 0 Å². The van der Waals surface area contributed by atoms with Crippen LogP contribution in [0.15, 0.2) is 60.8 Å². The van der Waals surface area contributed by atoms with Gasteiger partial charge in [-0.15, -0.1) is 0 Å². The van der Waals surface area contributed by atoms with E-state index in [-0.39, 0.29) is 23.5 Å². The second-order valence-corrected chi connectivity index (χ2v) is 6.18. The van der Waals surface area contributed by atoms with Crippen LogP contribution in [0, 0.1) is 6.92 Å². The molecular formula is C19H18N4O2S. The molecule has 0 bridgehead atoms. The number of hydrogen-bond acceptors (Lipinski definition) is 3. The number of hydrazine groups is 1. The lowest BCUT2D eigenvalue weighted by Crippen LogP contribution is -2.49. The second-order valence-electron chi connectivity index (χ2n) is 5.77. The summed E-state index contributed by atoms with van der Waals surface area (Å²) in [5, 5.41) is 3.64. The number of rotatable bonds is 3. The summed E-state index contributed by atoms with van der Waals surface area (Å²) < 4.78 is 1.83. The van der Waals surface area contributed by atoms with E-state index in [9.17, 15) is 9.59 Å². The molecule has 3 rings (SSSR count). The van der Waals surface area contributed by atoms with E-state index in [1.807, 2.05) is 60.2 Å². The average Bonchev–Trinajstić information content (AvgIpc) is 3.03. The van der Waals surface area contributed by atoms with E-state index >= 15 is 0 Å². The van der Waals surface area contributed by atoms with Crippen molar-refractivity contribution in [1.29, 1.82) is 0 Å². The second kappa shape index (κ2) is 7.79. The Balaban J connectivity index is 1.52. The molecule has 132 valence electrons. The fourth-order valence-corrected chi connectivity index (χ4v) is 2.77. The topological polar surface area (TPSA) is 75.2 Å². The van der Waals surface area contributed by atoms with Crippen LogP contribution in [0.2, 0.25) is 0 Å². The van der Waals surface area contributed by atoms with Crippen molar-refractivity contribution >= 4 is 40.0 Å². The summed E-state index contributed by atoms with van der Waals surface area (Å²) >= 11 is 5.05. The quantitative estimate of drug-likeness (QED) is 0.491. The lowest BCUT2D eigenvalue weighted by molar-refractivity contribution is -0.122. The summed E-state index contributed by atoms with van der Waals surface area (Å²) in [6, 6.07) is 16.9. The number of carbonyl (C=O) groups excluding carboxylic acids is 2. The normalized spacial score (nSPS) is 10.3. The van der Waals surface area contributed by atoms with Crippen molar-refractivity contribution < 1.29 is 9.59 Å². The molecule has 7 heteroatoms. The van der Waals surface area contributed by atoms with Crippen molar-refractivity contribution in [1.82, 2.24) is 20.7 Å². The first kappa shape index (κ1) is 17.6. The fourth-order valence-electron chi connectivity index (χ4n) is 2.63. The molecule has 0 atom stereocenters. The average molecular weight is 366 g/mol. The van der Waals surface area contributed by atoms with Crippen LogP contribution in [-0.2, 0) is 11.3 Å². The van der Waals surface area contributed by atoms with Gasteiger partial charge in [0.25, 0.3) is 11.8 Å². The van der Waals surface area contributed by atoms with Crippen LogP contribution in [0.3, 0.4) is 0 Å². The minimum Gasteiger partial charge on any atom is -0.338 e. The van der Waals surface area contributed by atoms with Crippen molar-refractivity contribution in [2.45, 2.75) is 13.5 Å². The molecule has 0 unspecified atom stereocenters. The van der Waals surface area contributed by atoms with Gasteiger partial charge in [0.15, 0.2) is 5.11 Å². The molecule has 0 spiro atoms. The monoisotopic (exact) mass is 366 g/mol. The molecule has 2 amide bonds. The van der Waals surface area contributed by atoms with Crippen LogP contribution in [-0.4, -0.2) is 21.5 Å². The molecule has 0 saturated heterocycles. The number of fused-ring (bicyclic) bond motifs is 1. The summed E-state index contributed by atoms with van der Waals surface area (Å²) in [5.74, 6) is -0.606. The Bertz CT molecular complexity index is 980. The first-order chi connectivity index (χ1) is 12.5. The summed E-state index contributed by atoms with van der Waals surface area (Å²) in [6.45, 7) is 1.98. The van der Waals surface area contributed by atoms with Crippen LogP contribution in [0.4, 0.5) is 0 Å². The zero-order chi connectivity index (χ0) is 18.5. The molecule has 0 aliphatic heterocycles. The highest BCUT2D eigenvalue weighted by Crippen LogP contribution is 2.14. The number of thiocarbonyl (C=S) groups is 1. The zero-order valence-corrected chi connectivity index (χ0v) is 15.0. The summed E-state index contributed by atoms with van der Waals surface area (Å²) in [7, 11) is 0. The highest BCUT2D eigenvalue weighted by Gasteiger charge is 2.11. The Hall–Kier alpha value is -3.19. The Labute approximate surface area is 156 Å². The molecule has 3 aromatic rings. The number of carbonyl (C=O) groups is 2. The molecule has 0 radical (unpaired) electrons. The number of nitrogens with one attached hydrogen (secondary N) is 3. The van der Waals surface area contributed by atoms with Crippen LogP contribution in [0.25, 0.3) is 10.9 Å². The van der Waals surface area contributed by atoms with Gasteiger partial charge < -0.3 is 4.57 Å². The van der Waals surface area contributed by atoms with Gasteiger partial charge in [-0.25, -0.2) is 0 Å². The summed E-state index contributed by atoms with van der Waals surface area (Å²) in [5.41, 5.74) is 7.38. The van der Waals surface area contributed by atoms with Crippen molar-refractivity contribution in [2.24, 2.45) is 0 Å². The predicted molar refractivity (Wildman–Crippen MR) is 104 cm³/mol. The number of amides is 2. The molecule has 26 heavy (non-hydrogen) atoms. The third kappa shape index (κ3) is 4.07. The van der Waals surface area contributed by atoms with E-state index < -0.39 is 0 Å². The largest absolute Gasteiger partial charge is 0.338 e. The van der Waals surface area contributed by atoms with Gasteiger partial charge in [-0.2, -0.15) is 0 Å². The molecular weight excluding hydrogens is 348 g/mol. The third-order valence-corrected chi connectivity index (χ3v) is 4.13. The van der Waals surface area contributed by atoms with Gasteiger partial charge in [-0.1, -0.05) is 36.4 Å². The number of benzene rings is 2. The van der Waals surface area contributed by atoms with Crippen molar-refractivity contribution in [3.8, 4) is 0 Å². The molecule has 0 aliphatic carbocycles. The van der Waals surface area contributed by atoms with Crippen LogP contribution in [0.1, 0.15) is 15.9 Å². The number of nitrogens with zero attached hydrogens (tertiary/aromatic N) is 1.